The summed E-state index contributed by atoms with van der Waals surface area (Å²) in [5.41, 5.74) is 2.07. The number of nitrogens with zero attached hydrogens (tertiary/aromatic N) is 6. The molecule has 2 aliphatic heterocycles. The van der Waals surface area contributed by atoms with E-state index in [-0.39, 0.29) is 30.3 Å². The second-order valence-corrected chi connectivity index (χ2v) is 9.89. The molecule has 4 rings (SSSR count). The van der Waals surface area contributed by atoms with Crippen molar-refractivity contribution in [3.05, 3.63) is 61.1 Å². The SMILES string of the molecule is C=C1/N=C(NCC(F)(F)F)\N=C/C(N(C)C(=O)/C=C\CC)CC(=O)N1c1ccc(-c2ccnn2C2CCCCO2)cc1. The summed E-state index contributed by atoms with van der Waals surface area (Å²) < 4.78 is 46.6. The highest BCUT2D eigenvalue weighted by Gasteiger charge is 2.30. The van der Waals surface area contributed by atoms with Crippen LogP contribution < -0.4 is 10.2 Å². The highest BCUT2D eigenvalue weighted by atomic mass is 19.4. The fourth-order valence-electron chi connectivity index (χ4n) is 4.59. The average molecular weight is 586 g/mol. The number of nitrogens with one attached hydrogen (secondary N) is 1. The number of allylic oxidation sites excluding steroid dienone is 1. The number of amides is 2. The summed E-state index contributed by atoms with van der Waals surface area (Å²) in [7, 11) is 1.50. The summed E-state index contributed by atoms with van der Waals surface area (Å²) in [5.74, 6) is -1.36. The normalized spacial score (nSPS) is 22.2. The number of hydrogen-bond acceptors (Lipinski definition) is 7. The van der Waals surface area contributed by atoms with Crippen LogP contribution in [0.5, 0.6) is 0 Å². The van der Waals surface area contributed by atoms with E-state index in [2.05, 4.69) is 27.0 Å². The minimum Gasteiger partial charge on any atom is -0.356 e. The molecule has 2 aliphatic rings. The molecule has 0 bridgehead atoms. The molecule has 0 spiro atoms. The third-order valence-corrected chi connectivity index (χ3v) is 6.80. The van der Waals surface area contributed by atoms with Crippen LogP contribution in [-0.4, -0.2) is 71.1 Å². The van der Waals surface area contributed by atoms with E-state index in [1.807, 2.05) is 29.8 Å². The first-order valence-electron chi connectivity index (χ1n) is 13.7. The van der Waals surface area contributed by atoms with Gasteiger partial charge in [0.15, 0.2) is 6.23 Å². The van der Waals surface area contributed by atoms with E-state index < -0.39 is 24.7 Å². The Balaban J connectivity index is 1.64. The van der Waals surface area contributed by atoms with Gasteiger partial charge in [-0.05, 0) is 50.0 Å². The topological polar surface area (TPSA) is 104 Å². The van der Waals surface area contributed by atoms with Crippen LogP contribution in [0.25, 0.3) is 11.3 Å². The molecule has 224 valence electrons. The molecule has 0 saturated carbocycles. The summed E-state index contributed by atoms with van der Waals surface area (Å²) >= 11 is 0. The first kappa shape index (κ1) is 30.7. The molecule has 2 atom stereocenters. The second-order valence-electron chi connectivity index (χ2n) is 9.89. The molecule has 13 heteroatoms. The first-order chi connectivity index (χ1) is 20.1. The molecule has 2 amide bonds. The van der Waals surface area contributed by atoms with Gasteiger partial charge in [-0.1, -0.05) is 31.7 Å². The number of hydrogen-bond donors (Lipinski definition) is 1. The van der Waals surface area contributed by atoms with E-state index in [1.54, 1.807) is 24.4 Å². The summed E-state index contributed by atoms with van der Waals surface area (Å²) in [5, 5.41) is 6.60. The monoisotopic (exact) mass is 585 g/mol. The van der Waals surface area contributed by atoms with Crippen LogP contribution in [0, 0.1) is 0 Å². The lowest BCUT2D eigenvalue weighted by Crippen LogP contribution is -2.41. The zero-order chi connectivity index (χ0) is 30.3. The quantitative estimate of drug-likeness (QED) is 0.469. The molecule has 1 N–H and O–H groups in total. The van der Waals surface area contributed by atoms with Crippen LogP contribution in [-0.2, 0) is 14.3 Å². The van der Waals surface area contributed by atoms with Crippen LogP contribution in [0.1, 0.15) is 45.3 Å². The van der Waals surface area contributed by atoms with Crippen LogP contribution >= 0.6 is 0 Å². The lowest BCUT2D eigenvalue weighted by Gasteiger charge is -2.27. The predicted octanol–water partition coefficient (Wildman–Crippen LogP) is 4.83. The van der Waals surface area contributed by atoms with Crippen molar-refractivity contribution < 1.29 is 27.5 Å². The Morgan fingerprint density at radius 3 is 2.67 bits per heavy atom. The maximum atomic E-state index is 13.6. The number of rotatable bonds is 7. The number of benzene rings is 1. The highest BCUT2D eigenvalue weighted by molar-refractivity contribution is 6.02. The van der Waals surface area contributed by atoms with Crippen LogP contribution in [0.3, 0.4) is 0 Å². The number of carbonyl (C=O) groups excluding carboxylic acids is 2. The molecule has 1 fully saturated rings. The summed E-state index contributed by atoms with van der Waals surface area (Å²) in [6.07, 6.45) is 4.63. The van der Waals surface area contributed by atoms with Gasteiger partial charge < -0.3 is 15.0 Å². The lowest BCUT2D eigenvalue weighted by atomic mass is 10.1. The second kappa shape index (κ2) is 13.6. The molecule has 10 nitrogen and oxygen atoms in total. The smallest absolute Gasteiger partial charge is 0.356 e. The number of ether oxygens (including phenoxy) is 1. The molecular weight excluding hydrogens is 551 g/mol. The zero-order valence-corrected chi connectivity index (χ0v) is 23.5. The zero-order valence-electron chi connectivity index (χ0n) is 23.5. The van der Waals surface area contributed by atoms with Gasteiger partial charge in [0.05, 0.1) is 23.8 Å². The Bertz CT molecular complexity index is 1360. The average Bonchev–Trinajstić information content (AvgIpc) is 3.48. The van der Waals surface area contributed by atoms with Gasteiger partial charge in [-0.3, -0.25) is 14.5 Å². The number of aromatic nitrogens is 2. The third-order valence-electron chi connectivity index (χ3n) is 6.80. The van der Waals surface area contributed by atoms with Crippen molar-refractivity contribution in [2.24, 2.45) is 9.98 Å². The molecule has 2 unspecified atom stereocenters. The number of aliphatic imine (C=N–C) groups is 2. The Morgan fingerprint density at radius 1 is 1.24 bits per heavy atom. The van der Waals surface area contributed by atoms with Gasteiger partial charge in [-0.25, -0.2) is 9.67 Å². The summed E-state index contributed by atoms with van der Waals surface area (Å²) in [6.45, 7) is 5.00. The molecule has 1 saturated heterocycles. The Hall–Kier alpha value is -4.26. The molecule has 3 heterocycles. The number of alkyl halides is 3. The Morgan fingerprint density at radius 2 is 2.00 bits per heavy atom. The van der Waals surface area contributed by atoms with Gasteiger partial charge in [-0.15, -0.1) is 0 Å². The minimum atomic E-state index is -4.53. The Labute approximate surface area is 242 Å². The Kier molecular flexibility index (Phi) is 9.94. The molecule has 1 aromatic heterocycles. The minimum absolute atomic E-state index is 0.129. The number of carbonyl (C=O) groups is 2. The molecular formula is C29H34F3N7O3. The van der Waals surface area contributed by atoms with E-state index in [1.165, 1.54) is 29.1 Å². The standard InChI is InChI=1S/C29H34F3N7O3/c1-4-5-8-25(40)37(3)23-17-26(41)38(20(2)36-28(33-18-23)34-19-29(30,31)32)22-12-10-21(11-13-22)24-14-15-35-39(24)27-9-6-7-16-42-27/h5,8,10-15,18,23,27H,2,4,6-7,9,16-17,19H2,1,3H3,(H,34,36)/b8-5-,33-18-. The van der Waals surface area contributed by atoms with Gasteiger partial charge in [-0.2, -0.15) is 23.3 Å². The van der Waals surface area contributed by atoms with Crippen LogP contribution in [0.2, 0.25) is 0 Å². The van der Waals surface area contributed by atoms with Gasteiger partial charge in [0, 0.05) is 31.6 Å². The molecule has 1 aromatic carbocycles. The maximum absolute atomic E-state index is 13.6. The van der Waals surface area contributed by atoms with Crippen molar-refractivity contribution in [3.8, 4) is 11.3 Å². The van der Waals surface area contributed by atoms with E-state index in [9.17, 15) is 22.8 Å². The van der Waals surface area contributed by atoms with Crippen molar-refractivity contribution >= 4 is 29.7 Å². The number of likely N-dealkylation sites (N-methyl/N-ethyl adjacent to an activating group) is 1. The van der Waals surface area contributed by atoms with Crippen molar-refractivity contribution in [1.29, 1.82) is 0 Å². The maximum Gasteiger partial charge on any atom is 0.405 e. The predicted molar refractivity (Wildman–Crippen MR) is 154 cm³/mol. The van der Waals surface area contributed by atoms with E-state index >= 15 is 0 Å². The van der Waals surface area contributed by atoms with Crippen molar-refractivity contribution in [1.82, 2.24) is 20.0 Å². The first-order valence-corrected chi connectivity index (χ1v) is 13.7. The van der Waals surface area contributed by atoms with E-state index in [0.717, 1.165) is 30.5 Å². The number of anilines is 1. The van der Waals surface area contributed by atoms with Gasteiger partial charge in [0.1, 0.15) is 12.4 Å². The molecule has 0 aliphatic carbocycles. The third kappa shape index (κ3) is 7.72. The molecule has 0 radical (unpaired) electrons. The lowest BCUT2D eigenvalue weighted by molar-refractivity contribution is -0.126. The van der Waals surface area contributed by atoms with Gasteiger partial charge in [0.2, 0.25) is 17.8 Å². The van der Waals surface area contributed by atoms with Gasteiger partial charge in [0.25, 0.3) is 0 Å². The van der Waals surface area contributed by atoms with E-state index in [4.69, 9.17) is 4.74 Å². The largest absolute Gasteiger partial charge is 0.405 e. The van der Waals surface area contributed by atoms with Crippen molar-refractivity contribution in [2.45, 2.75) is 57.5 Å². The highest BCUT2D eigenvalue weighted by Crippen LogP contribution is 2.30. The number of halogens is 3. The molecule has 42 heavy (non-hydrogen) atoms. The summed E-state index contributed by atoms with van der Waals surface area (Å²) in [4.78, 5) is 37.0. The molecule has 2 aromatic rings. The van der Waals surface area contributed by atoms with Crippen LogP contribution in [0.15, 0.2) is 71.1 Å². The fraction of sp³-hybridized carbons (Fsp3) is 0.414. The van der Waals surface area contributed by atoms with Crippen molar-refractivity contribution in [3.63, 3.8) is 0 Å². The number of guanidine groups is 1. The van der Waals surface area contributed by atoms with Gasteiger partial charge >= 0.3 is 6.18 Å². The van der Waals surface area contributed by atoms with Crippen molar-refractivity contribution in [2.75, 3.05) is 25.1 Å². The fourth-order valence-corrected chi connectivity index (χ4v) is 4.59. The van der Waals surface area contributed by atoms with Crippen LogP contribution in [0.4, 0.5) is 18.9 Å². The van der Waals surface area contributed by atoms with E-state index in [0.29, 0.717) is 18.7 Å². The summed E-state index contributed by atoms with van der Waals surface area (Å²) in [6, 6.07) is 8.03.